The number of hydrogen-bond acceptors (Lipinski definition) is 4. The van der Waals surface area contributed by atoms with E-state index in [1.54, 1.807) is 31.2 Å². The maximum Gasteiger partial charge on any atom is 0.344 e. The highest BCUT2D eigenvalue weighted by atomic mass is 32.2. The van der Waals surface area contributed by atoms with Crippen LogP contribution in [0.5, 0.6) is 5.75 Å². The van der Waals surface area contributed by atoms with Gasteiger partial charge in [-0.15, -0.1) is 0 Å². The van der Waals surface area contributed by atoms with Gasteiger partial charge in [-0.1, -0.05) is 30.5 Å². The summed E-state index contributed by atoms with van der Waals surface area (Å²) in [5.41, 5.74) is 0. The number of ether oxygens (including phenoxy) is 1. The van der Waals surface area contributed by atoms with Crippen LogP contribution in [0, 0.1) is 0 Å². The summed E-state index contributed by atoms with van der Waals surface area (Å²) in [6.45, 7) is 5.64. The lowest BCUT2D eigenvalue weighted by atomic mass is 10.3. The zero-order valence-corrected chi connectivity index (χ0v) is 9.21. The molecule has 0 aromatic heterocycles. The molecule has 0 amide bonds. The van der Waals surface area contributed by atoms with Crippen molar-refractivity contribution in [1.29, 1.82) is 0 Å². The molecule has 1 aromatic rings. The molecule has 0 fully saturated rings. The number of phenols is 1. The Hall–Kier alpha value is -1.42. The van der Waals surface area contributed by atoms with Crippen molar-refractivity contribution in [2.75, 3.05) is 6.61 Å². The van der Waals surface area contributed by atoms with Crippen molar-refractivity contribution >= 4 is 17.7 Å². The van der Waals surface area contributed by atoms with Gasteiger partial charge >= 0.3 is 5.97 Å². The first kappa shape index (κ1) is 11.7. The van der Waals surface area contributed by atoms with Crippen LogP contribution in [0.2, 0.25) is 0 Å². The van der Waals surface area contributed by atoms with Gasteiger partial charge in [-0.3, -0.25) is 0 Å². The number of aromatic hydroxyl groups is 1. The lowest BCUT2D eigenvalue weighted by molar-refractivity contribution is -0.137. The van der Waals surface area contributed by atoms with Crippen molar-refractivity contribution in [3.8, 4) is 5.75 Å². The van der Waals surface area contributed by atoms with E-state index >= 15 is 0 Å². The molecule has 0 saturated carbocycles. The number of para-hydroxylation sites is 1. The second-order valence-electron chi connectivity index (χ2n) is 2.71. The van der Waals surface area contributed by atoms with E-state index in [2.05, 4.69) is 6.58 Å². The molecule has 1 rings (SSSR count). The van der Waals surface area contributed by atoms with Crippen molar-refractivity contribution in [2.24, 2.45) is 0 Å². The van der Waals surface area contributed by atoms with E-state index < -0.39 is 5.97 Å². The Morgan fingerprint density at radius 1 is 1.53 bits per heavy atom. The monoisotopic (exact) mass is 224 g/mol. The number of rotatable bonds is 4. The molecule has 0 atom stereocenters. The Balaban J connectivity index is 2.67. The second-order valence-corrected chi connectivity index (χ2v) is 3.85. The van der Waals surface area contributed by atoms with Crippen molar-refractivity contribution in [2.45, 2.75) is 11.8 Å². The smallest absolute Gasteiger partial charge is 0.344 e. The average Bonchev–Trinajstić information content (AvgIpc) is 2.21. The normalized spacial score (nSPS) is 9.67. The molecule has 15 heavy (non-hydrogen) atoms. The van der Waals surface area contributed by atoms with Crippen LogP contribution in [0.15, 0.2) is 40.6 Å². The number of carbonyl (C=O) groups excluding carboxylic acids is 1. The topological polar surface area (TPSA) is 46.5 Å². The highest BCUT2D eigenvalue weighted by molar-refractivity contribution is 8.04. The van der Waals surface area contributed by atoms with E-state index in [4.69, 9.17) is 4.74 Å². The molecular formula is C11H12O3S. The molecule has 0 bridgehead atoms. The highest BCUT2D eigenvalue weighted by Gasteiger charge is 2.11. The van der Waals surface area contributed by atoms with Gasteiger partial charge in [0.25, 0.3) is 0 Å². The highest BCUT2D eigenvalue weighted by Crippen LogP contribution is 2.32. The maximum atomic E-state index is 11.2. The third kappa shape index (κ3) is 3.32. The summed E-state index contributed by atoms with van der Waals surface area (Å²) < 4.78 is 4.77. The quantitative estimate of drug-likeness (QED) is 0.485. The standard InChI is InChI=1S/C11H12O3S/c1-3-14-11(13)8(2)15-10-7-5-4-6-9(10)12/h4-7,12H,2-3H2,1H3. The minimum atomic E-state index is -0.453. The van der Waals surface area contributed by atoms with Gasteiger partial charge in [0, 0.05) is 0 Å². The summed E-state index contributed by atoms with van der Waals surface area (Å²) >= 11 is 1.10. The second kappa shape index (κ2) is 5.46. The molecule has 0 aliphatic carbocycles. The summed E-state index contributed by atoms with van der Waals surface area (Å²) in [5, 5.41) is 9.46. The summed E-state index contributed by atoms with van der Waals surface area (Å²) in [6, 6.07) is 6.76. The van der Waals surface area contributed by atoms with Crippen molar-refractivity contribution < 1.29 is 14.6 Å². The molecule has 1 aromatic carbocycles. The molecule has 0 heterocycles. The first-order valence-electron chi connectivity index (χ1n) is 4.47. The molecule has 0 radical (unpaired) electrons. The van der Waals surface area contributed by atoms with Crippen LogP contribution in [0.3, 0.4) is 0 Å². The number of hydrogen-bond donors (Lipinski definition) is 1. The summed E-state index contributed by atoms with van der Waals surface area (Å²) in [5.74, 6) is -0.321. The predicted octanol–water partition coefficient (Wildman–Crippen LogP) is 2.56. The minimum Gasteiger partial charge on any atom is -0.507 e. The summed E-state index contributed by atoms with van der Waals surface area (Å²) in [4.78, 5) is 12.1. The maximum absolute atomic E-state index is 11.2. The predicted molar refractivity (Wildman–Crippen MR) is 59.7 cm³/mol. The van der Waals surface area contributed by atoms with E-state index in [9.17, 15) is 9.90 Å². The first-order chi connectivity index (χ1) is 7.15. The Morgan fingerprint density at radius 3 is 2.80 bits per heavy atom. The zero-order valence-electron chi connectivity index (χ0n) is 8.40. The van der Waals surface area contributed by atoms with Crippen molar-refractivity contribution in [3.05, 3.63) is 35.7 Å². The molecule has 0 aliphatic rings. The molecular weight excluding hydrogens is 212 g/mol. The molecule has 3 nitrogen and oxygen atoms in total. The van der Waals surface area contributed by atoms with Gasteiger partial charge in [0.2, 0.25) is 0 Å². The number of thioether (sulfide) groups is 1. The van der Waals surface area contributed by atoms with Gasteiger partial charge < -0.3 is 9.84 Å². The minimum absolute atomic E-state index is 0.132. The Bertz CT molecular complexity index is 374. The van der Waals surface area contributed by atoms with Gasteiger partial charge in [0.05, 0.1) is 16.4 Å². The van der Waals surface area contributed by atoms with Gasteiger partial charge in [-0.2, -0.15) is 0 Å². The number of esters is 1. The van der Waals surface area contributed by atoms with Crippen LogP contribution in [0.1, 0.15) is 6.92 Å². The van der Waals surface area contributed by atoms with Crippen LogP contribution in [0.25, 0.3) is 0 Å². The molecule has 0 aliphatic heterocycles. The lowest BCUT2D eigenvalue weighted by Gasteiger charge is -2.05. The lowest BCUT2D eigenvalue weighted by Crippen LogP contribution is -2.03. The van der Waals surface area contributed by atoms with Crippen molar-refractivity contribution in [1.82, 2.24) is 0 Å². The SMILES string of the molecule is C=C(Sc1ccccc1O)C(=O)OCC. The summed E-state index contributed by atoms with van der Waals surface area (Å²) in [7, 11) is 0. The number of carbonyl (C=O) groups is 1. The van der Waals surface area contributed by atoms with Gasteiger partial charge in [-0.05, 0) is 19.1 Å². The number of phenolic OH excluding ortho intramolecular Hbond substituents is 1. The Kier molecular flexibility index (Phi) is 4.24. The van der Waals surface area contributed by atoms with E-state index in [0.717, 1.165) is 11.8 Å². The first-order valence-corrected chi connectivity index (χ1v) is 5.28. The molecule has 0 saturated heterocycles. The molecule has 4 heteroatoms. The summed E-state index contributed by atoms with van der Waals surface area (Å²) in [6.07, 6.45) is 0. The third-order valence-electron chi connectivity index (χ3n) is 1.60. The van der Waals surface area contributed by atoms with E-state index in [1.807, 2.05) is 0 Å². The average molecular weight is 224 g/mol. The molecule has 80 valence electrons. The van der Waals surface area contributed by atoms with E-state index in [1.165, 1.54) is 0 Å². The van der Waals surface area contributed by atoms with Crippen LogP contribution >= 0.6 is 11.8 Å². The van der Waals surface area contributed by atoms with Crippen molar-refractivity contribution in [3.63, 3.8) is 0 Å². The van der Waals surface area contributed by atoms with Gasteiger partial charge in [0.1, 0.15) is 5.75 Å². The fourth-order valence-corrected chi connectivity index (χ4v) is 1.66. The van der Waals surface area contributed by atoms with Gasteiger partial charge in [0.15, 0.2) is 0 Å². The van der Waals surface area contributed by atoms with Crippen LogP contribution < -0.4 is 0 Å². The molecule has 0 spiro atoms. The van der Waals surface area contributed by atoms with E-state index in [0.29, 0.717) is 11.5 Å². The van der Waals surface area contributed by atoms with E-state index in [-0.39, 0.29) is 10.7 Å². The Morgan fingerprint density at radius 2 is 2.20 bits per heavy atom. The molecule has 1 N–H and O–H groups in total. The third-order valence-corrected chi connectivity index (χ3v) is 2.58. The van der Waals surface area contributed by atoms with Crippen LogP contribution in [-0.4, -0.2) is 17.7 Å². The van der Waals surface area contributed by atoms with Gasteiger partial charge in [-0.25, -0.2) is 4.79 Å². The fourth-order valence-electron chi connectivity index (χ4n) is 0.929. The number of benzene rings is 1. The fraction of sp³-hybridized carbons (Fsp3) is 0.182. The van der Waals surface area contributed by atoms with Crippen LogP contribution in [0.4, 0.5) is 0 Å². The largest absolute Gasteiger partial charge is 0.507 e. The zero-order chi connectivity index (χ0) is 11.3. The molecule has 0 unspecified atom stereocenters. The van der Waals surface area contributed by atoms with Crippen LogP contribution in [-0.2, 0) is 9.53 Å². The Labute approximate surface area is 92.8 Å².